The second-order valence-electron chi connectivity index (χ2n) is 12.8. The Bertz CT molecular complexity index is 1860. The summed E-state index contributed by atoms with van der Waals surface area (Å²) in [5.74, 6) is -1.07. The number of aliphatic carboxylic acids is 1. The van der Waals surface area contributed by atoms with Crippen molar-refractivity contribution in [3.63, 3.8) is 0 Å². The molecule has 0 bridgehead atoms. The highest BCUT2D eigenvalue weighted by Crippen LogP contribution is 2.43. The van der Waals surface area contributed by atoms with Gasteiger partial charge in [0, 0.05) is 12.6 Å². The van der Waals surface area contributed by atoms with Gasteiger partial charge in [-0.2, -0.15) is 0 Å². The molecule has 1 saturated heterocycles. The average molecular weight is 699 g/mol. The first-order chi connectivity index (χ1) is 25.4. The minimum atomic E-state index is -1.07. The molecule has 6 rings (SSSR count). The number of carbonyl (C=O) groups is 3. The topological polar surface area (TPSA) is 106 Å². The summed E-state index contributed by atoms with van der Waals surface area (Å²) < 4.78 is 18.6. The molecule has 266 valence electrons. The van der Waals surface area contributed by atoms with Gasteiger partial charge in [-0.15, -0.1) is 0 Å². The van der Waals surface area contributed by atoms with Crippen molar-refractivity contribution < 1.29 is 33.7 Å². The van der Waals surface area contributed by atoms with E-state index in [4.69, 9.17) is 14.2 Å². The van der Waals surface area contributed by atoms with Gasteiger partial charge in [-0.1, -0.05) is 152 Å². The number of rotatable bonds is 13. The van der Waals surface area contributed by atoms with Crippen LogP contribution in [-0.4, -0.2) is 51.8 Å². The quantitative estimate of drug-likeness (QED) is 0.131. The molecule has 1 aliphatic heterocycles. The largest absolute Gasteiger partial charge is 0.481 e. The summed E-state index contributed by atoms with van der Waals surface area (Å²) in [6, 6.07) is 46.1. The molecule has 0 aliphatic carbocycles. The average Bonchev–Trinajstić information content (AvgIpc) is 3.19. The summed E-state index contributed by atoms with van der Waals surface area (Å²) in [4.78, 5) is 43.6. The predicted octanol–water partition coefficient (Wildman–Crippen LogP) is 8.58. The summed E-state index contributed by atoms with van der Waals surface area (Å²) >= 11 is 0. The highest BCUT2D eigenvalue weighted by molar-refractivity contribution is 5.72. The van der Waals surface area contributed by atoms with Gasteiger partial charge >= 0.3 is 18.2 Å². The molecule has 1 heterocycles. The zero-order valence-electron chi connectivity index (χ0n) is 28.8. The van der Waals surface area contributed by atoms with Gasteiger partial charge in [0.05, 0.1) is 25.1 Å². The van der Waals surface area contributed by atoms with Crippen LogP contribution in [0.5, 0.6) is 0 Å². The van der Waals surface area contributed by atoms with Gasteiger partial charge in [-0.05, 0) is 34.2 Å². The Morgan fingerprint density at radius 3 is 1.69 bits per heavy atom. The molecule has 0 unspecified atom stereocenters. The molecular weight excluding hydrogens is 656 g/mol. The van der Waals surface area contributed by atoms with Crippen LogP contribution in [0.2, 0.25) is 0 Å². The van der Waals surface area contributed by atoms with Crippen molar-refractivity contribution in [1.29, 1.82) is 0 Å². The molecule has 0 aromatic heterocycles. The summed E-state index contributed by atoms with van der Waals surface area (Å²) in [6.45, 7) is 0.334. The lowest BCUT2D eigenvalue weighted by Gasteiger charge is -2.45. The van der Waals surface area contributed by atoms with Crippen molar-refractivity contribution in [3.8, 4) is 0 Å². The molecule has 0 saturated carbocycles. The van der Waals surface area contributed by atoms with Crippen LogP contribution in [0.25, 0.3) is 0 Å². The van der Waals surface area contributed by atoms with Gasteiger partial charge < -0.3 is 24.2 Å². The second kappa shape index (κ2) is 17.8. The Hall–Kier alpha value is -5.93. The van der Waals surface area contributed by atoms with E-state index < -0.39 is 42.4 Å². The van der Waals surface area contributed by atoms with E-state index in [0.29, 0.717) is 0 Å². The van der Waals surface area contributed by atoms with Crippen LogP contribution in [0.1, 0.15) is 52.8 Å². The number of hydrogen-bond donors (Lipinski definition) is 1. The molecule has 4 atom stereocenters. The van der Waals surface area contributed by atoms with Gasteiger partial charge in [-0.3, -0.25) is 9.69 Å². The van der Waals surface area contributed by atoms with Crippen molar-refractivity contribution in [2.24, 2.45) is 0 Å². The first-order valence-electron chi connectivity index (χ1n) is 17.4. The van der Waals surface area contributed by atoms with E-state index in [2.05, 4.69) is 0 Å². The van der Waals surface area contributed by atoms with E-state index in [1.165, 1.54) is 4.90 Å². The number of ether oxygens (including phenoxy) is 3. The summed E-state index contributed by atoms with van der Waals surface area (Å²) in [7, 11) is 0. The smallest absolute Gasteiger partial charge is 0.410 e. The van der Waals surface area contributed by atoms with Crippen molar-refractivity contribution in [1.82, 2.24) is 9.80 Å². The number of amides is 2. The van der Waals surface area contributed by atoms with Crippen molar-refractivity contribution in [3.05, 3.63) is 179 Å². The molecule has 9 heteroatoms. The van der Waals surface area contributed by atoms with Crippen molar-refractivity contribution in [2.45, 2.75) is 56.9 Å². The molecule has 0 spiro atoms. The van der Waals surface area contributed by atoms with Gasteiger partial charge in [0.25, 0.3) is 0 Å². The lowest BCUT2D eigenvalue weighted by Crippen LogP contribution is -2.52. The third-order valence-corrected chi connectivity index (χ3v) is 9.09. The monoisotopic (exact) mass is 698 g/mol. The number of carboxylic acid groups (broad SMARTS) is 1. The van der Waals surface area contributed by atoms with E-state index in [1.54, 1.807) is 4.90 Å². The van der Waals surface area contributed by atoms with Crippen molar-refractivity contribution >= 4 is 18.2 Å². The lowest BCUT2D eigenvalue weighted by atomic mass is 9.91. The fourth-order valence-electron chi connectivity index (χ4n) is 6.60. The normalized spacial score (nSPS) is 17.5. The molecule has 2 amide bonds. The van der Waals surface area contributed by atoms with Gasteiger partial charge in [0.15, 0.2) is 0 Å². The molecule has 0 radical (unpaired) electrons. The zero-order valence-corrected chi connectivity index (χ0v) is 28.8. The maximum atomic E-state index is 14.1. The van der Waals surface area contributed by atoms with Gasteiger partial charge in [0.2, 0.25) is 0 Å². The molecule has 5 aromatic rings. The Kier molecular flexibility index (Phi) is 12.3. The minimum absolute atomic E-state index is 0.0283. The second-order valence-corrected chi connectivity index (χ2v) is 12.8. The van der Waals surface area contributed by atoms with Crippen molar-refractivity contribution in [2.75, 3.05) is 6.54 Å². The van der Waals surface area contributed by atoms with Crippen LogP contribution in [0, 0.1) is 0 Å². The minimum Gasteiger partial charge on any atom is -0.481 e. The highest BCUT2D eigenvalue weighted by atomic mass is 16.6. The summed E-state index contributed by atoms with van der Waals surface area (Å²) in [6.07, 6.45) is -2.69. The Morgan fingerprint density at radius 2 is 1.15 bits per heavy atom. The molecule has 1 fully saturated rings. The maximum absolute atomic E-state index is 14.1. The summed E-state index contributed by atoms with van der Waals surface area (Å²) in [5.41, 5.74) is 4.19. The molecule has 1 N–H and O–H groups in total. The van der Waals surface area contributed by atoms with E-state index in [0.717, 1.165) is 27.8 Å². The molecule has 52 heavy (non-hydrogen) atoms. The molecule has 1 aliphatic rings. The molecular formula is C43H42N2O7. The fraction of sp³-hybridized carbons (Fsp3) is 0.233. The standard InChI is InChI=1S/C43H42N2O7/c46-39(47)27-37(44(28-32-16-6-1-7-17-32)42(48)50-30-33-18-8-2-9-19-33)26-38-29-45(43(49)51-31-34-20-10-3-11-21-34)40(35-22-12-4-13-23-35)41(52-38)36-24-14-5-15-25-36/h1-25,37-38,40-41H,26-31H2,(H,46,47)/t37-,38-,40-,41+/m1/s1. The van der Waals surface area contributed by atoms with Crippen LogP contribution < -0.4 is 0 Å². The maximum Gasteiger partial charge on any atom is 0.410 e. The third kappa shape index (κ3) is 9.64. The number of carbonyl (C=O) groups excluding carboxylic acids is 2. The van der Waals surface area contributed by atoms with Crippen LogP contribution >= 0.6 is 0 Å². The highest BCUT2D eigenvalue weighted by Gasteiger charge is 2.43. The SMILES string of the molecule is O=C(O)C[C@@H](C[C@@H]1CN(C(=O)OCc2ccccc2)[C@H](c2ccccc2)[C@H](c2ccccc2)O1)N(Cc1ccccc1)C(=O)OCc1ccccc1. The van der Waals surface area contributed by atoms with Crippen LogP contribution in [-0.2, 0) is 38.8 Å². The lowest BCUT2D eigenvalue weighted by molar-refractivity contribution is -0.141. The number of nitrogens with zero attached hydrogens (tertiary/aromatic N) is 2. The Balaban J connectivity index is 1.33. The predicted molar refractivity (Wildman–Crippen MR) is 196 cm³/mol. The van der Waals surface area contributed by atoms with Crippen LogP contribution in [0.4, 0.5) is 9.59 Å². The number of carboxylic acids is 1. The number of benzene rings is 5. The number of morpholine rings is 1. The number of hydrogen-bond acceptors (Lipinski definition) is 6. The fourth-order valence-corrected chi connectivity index (χ4v) is 6.60. The van der Waals surface area contributed by atoms with Gasteiger partial charge in [-0.25, -0.2) is 9.59 Å². The molecule has 5 aromatic carbocycles. The first kappa shape index (κ1) is 35.9. The third-order valence-electron chi connectivity index (χ3n) is 9.09. The van der Waals surface area contributed by atoms with E-state index in [9.17, 15) is 19.5 Å². The Morgan fingerprint density at radius 1 is 0.673 bits per heavy atom. The van der Waals surface area contributed by atoms with E-state index >= 15 is 0 Å². The van der Waals surface area contributed by atoms with E-state index in [1.807, 2.05) is 152 Å². The van der Waals surface area contributed by atoms with Crippen LogP contribution in [0.3, 0.4) is 0 Å². The summed E-state index contributed by atoms with van der Waals surface area (Å²) in [5, 5.41) is 10.2. The van der Waals surface area contributed by atoms with Gasteiger partial charge in [0.1, 0.15) is 19.3 Å². The first-order valence-corrected chi connectivity index (χ1v) is 17.4. The van der Waals surface area contributed by atoms with Crippen LogP contribution in [0.15, 0.2) is 152 Å². The van der Waals surface area contributed by atoms with E-state index in [-0.39, 0.29) is 39.1 Å². The zero-order chi connectivity index (χ0) is 36.1. The molecule has 9 nitrogen and oxygen atoms in total. The Labute approximate surface area is 304 Å².